The van der Waals surface area contributed by atoms with Crippen molar-refractivity contribution in [1.82, 2.24) is 9.97 Å². The van der Waals surface area contributed by atoms with E-state index in [1.807, 2.05) is 50.2 Å². The molecule has 0 saturated carbocycles. The van der Waals surface area contributed by atoms with E-state index >= 15 is 0 Å². The molecule has 0 atom stereocenters. The Morgan fingerprint density at radius 1 is 0.756 bits per heavy atom. The number of nitrogens with zero attached hydrogens (tertiary/aromatic N) is 2. The van der Waals surface area contributed by atoms with Gasteiger partial charge in [-0.3, -0.25) is 4.79 Å². The van der Waals surface area contributed by atoms with Crippen molar-refractivity contribution in [3.63, 3.8) is 0 Å². The number of aromatic nitrogens is 2. The van der Waals surface area contributed by atoms with E-state index in [-0.39, 0.29) is 11.5 Å². The van der Waals surface area contributed by atoms with Crippen LogP contribution in [0.5, 0.6) is 11.8 Å². The fourth-order valence-corrected chi connectivity index (χ4v) is 4.27. The highest BCUT2D eigenvalue weighted by Crippen LogP contribution is 2.26. The maximum Gasteiger partial charge on any atom is 0.221 e. The highest BCUT2D eigenvalue weighted by molar-refractivity contribution is 6.03. The fraction of sp³-hybridized carbons (Fsp3) is 0.286. The molecule has 1 N–H and O–H groups in total. The molecule has 0 unspecified atom stereocenters. The zero-order chi connectivity index (χ0) is 29.2. The third-order valence-corrected chi connectivity index (χ3v) is 6.55. The fourth-order valence-electron chi connectivity index (χ4n) is 4.27. The van der Waals surface area contributed by atoms with E-state index in [1.165, 1.54) is 18.2 Å². The van der Waals surface area contributed by atoms with Crippen molar-refractivity contribution in [2.75, 3.05) is 13.2 Å². The van der Waals surface area contributed by atoms with Crippen LogP contribution in [0.2, 0.25) is 0 Å². The van der Waals surface area contributed by atoms with Gasteiger partial charge in [0.1, 0.15) is 5.76 Å². The number of aliphatic hydroxyl groups excluding tert-OH is 1. The van der Waals surface area contributed by atoms with Gasteiger partial charge in [0.05, 0.1) is 24.2 Å². The van der Waals surface area contributed by atoms with Crippen molar-refractivity contribution in [2.45, 2.75) is 53.4 Å². The van der Waals surface area contributed by atoms with Gasteiger partial charge in [-0.05, 0) is 87.4 Å². The number of unbranched alkanes of at least 4 members (excludes halogenated alkanes) is 2. The molecule has 0 fully saturated rings. The van der Waals surface area contributed by atoms with Crippen molar-refractivity contribution < 1.29 is 19.4 Å². The molecule has 4 aromatic rings. The SMILES string of the molecule is CCCCOc1nc2ccc(C)cc2cc1/C=C/C(=O)/C=C(O)/C=C/c1cc2cc(C)ccc2nc1OCCCC. The summed E-state index contributed by atoms with van der Waals surface area (Å²) >= 11 is 0. The van der Waals surface area contributed by atoms with Gasteiger partial charge in [0.15, 0.2) is 5.78 Å². The van der Waals surface area contributed by atoms with Crippen LogP contribution in [0.4, 0.5) is 0 Å². The Hall–Kier alpha value is -4.45. The first-order chi connectivity index (χ1) is 19.9. The van der Waals surface area contributed by atoms with Gasteiger partial charge in [0.2, 0.25) is 11.8 Å². The van der Waals surface area contributed by atoms with Gasteiger partial charge in [-0.15, -0.1) is 0 Å². The zero-order valence-electron chi connectivity index (χ0n) is 24.3. The highest BCUT2D eigenvalue weighted by Gasteiger charge is 2.09. The van der Waals surface area contributed by atoms with Crippen LogP contribution in [0.25, 0.3) is 34.0 Å². The van der Waals surface area contributed by atoms with E-state index in [0.29, 0.717) is 30.5 Å². The lowest BCUT2D eigenvalue weighted by Gasteiger charge is -2.10. The Labute approximate surface area is 242 Å². The van der Waals surface area contributed by atoms with Crippen LogP contribution in [-0.2, 0) is 4.79 Å². The summed E-state index contributed by atoms with van der Waals surface area (Å²) < 4.78 is 11.9. The van der Waals surface area contributed by atoms with Gasteiger partial charge in [0, 0.05) is 28.0 Å². The molecule has 2 aromatic carbocycles. The Bertz CT molecular complexity index is 1620. The summed E-state index contributed by atoms with van der Waals surface area (Å²) in [6.07, 6.45) is 11.3. The summed E-state index contributed by atoms with van der Waals surface area (Å²) in [5.74, 6) is 0.458. The zero-order valence-corrected chi connectivity index (χ0v) is 24.3. The Balaban J connectivity index is 1.55. The molecule has 0 spiro atoms. The first-order valence-corrected chi connectivity index (χ1v) is 14.3. The van der Waals surface area contributed by atoms with Crippen LogP contribution in [0.15, 0.2) is 72.5 Å². The second kappa shape index (κ2) is 14.3. The Kier molecular flexibility index (Phi) is 10.3. The molecular weight excluding hydrogens is 512 g/mol. The van der Waals surface area contributed by atoms with E-state index in [1.54, 1.807) is 12.2 Å². The van der Waals surface area contributed by atoms with Gasteiger partial charge < -0.3 is 14.6 Å². The predicted octanol–water partition coefficient (Wildman–Crippen LogP) is 8.50. The molecule has 0 radical (unpaired) electrons. The van der Waals surface area contributed by atoms with Crippen molar-refractivity contribution in [3.05, 3.63) is 94.8 Å². The Morgan fingerprint density at radius 3 is 1.73 bits per heavy atom. The minimum atomic E-state index is -0.359. The van der Waals surface area contributed by atoms with Crippen molar-refractivity contribution in [1.29, 1.82) is 0 Å². The highest BCUT2D eigenvalue weighted by atomic mass is 16.5. The minimum Gasteiger partial charge on any atom is -0.508 e. The molecule has 0 aliphatic rings. The average molecular weight is 551 g/mol. The molecular formula is C35H38N2O4. The molecule has 2 heterocycles. The lowest BCUT2D eigenvalue weighted by Crippen LogP contribution is -2.01. The molecule has 0 saturated heterocycles. The van der Waals surface area contributed by atoms with Crippen LogP contribution in [0.3, 0.4) is 0 Å². The maximum atomic E-state index is 12.7. The lowest BCUT2D eigenvalue weighted by molar-refractivity contribution is -0.110. The minimum absolute atomic E-state index is 0.171. The molecule has 0 amide bonds. The number of ether oxygens (including phenoxy) is 2. The number of aryl methyl sites for hydroxylation is 2. The van der Waals surface area contributed by atoms with Crippen LogP contribution in [0, 0.1) is 13.8 Å². The molecule has 0 bridgehead atoms. The molecule has 41 heavy (non-hydrogen) atoms. The number of benzene rings is 2. The molecule has 0 aliphatic carbocycles. The van der Waals surface area contributed by atoms with Crippen molar-refractivity contribution >= 4 is 39.7 Å². The van der Waals surface area contributed by atoms with Crippen LogP contribution in [-0.4, -0.2) is 34.1 Å². The summed E-state index contributed by atoms with van der Waals surface area (Å²) in [5.41, 5.74) is 5.38. The largest absolute Gasteiger partial charge is 0.508 e. The van der Waals surface area contributed by atoms with Crippen molar-refractivity contribution in [3.8, 4) is 11.8 Å². The second-order valence-electron chi connectivity index (χ2n) is 10.2. The second-order valence-corrected chi connectivity index (χ2v) is 10.2. The standard InChI is InChI=1S/C35H38N2O4/c1-5-7-17-40-34-26(21-28-19-24(3)9-15-32(28)36-34)11-13-30(38)23-31(39)14-12-27-22-29-20-25(4)10-16-33(29)37-35(27)41-18-8-6-2/h9-16,19-23,38H,5-8,17-18H2,1-4H3/b13-11+,14-12+,30-23-. The summed E-state index contributed by atoms with van der Waals surface area (Å²) in [6, 6.07) is 16.0. The number of allylic oxidation sites excluding steroid dienone is 3. The lowest BCUT2D eigenvalue weighted by atomic mass is 10.1. The van der Waals surface area contributed by atoms with Crippen molar-refractivity contribution in [2.24, 2.45) is 0 Å². The van der Waals surface area contributed by atoms with Gasteiger partial charge in [0.25, 0.3) is 0 Å². The summed E-state index contributed by atoms with van der Waals surface area (Å²) in [6.45, 7) is 9.37. The van der Waals surface area contributed by atoms with E-state index in [2.05, 4.69) is 35.9 Å². The molecule has 212 valence electrons. The van der Waals surface area contributed by atoms with Gasteiger partial charge in [-0.1, -0.05) is 49.9 Å². The third-order valence-electron chi connectivity index (χ3n) is 6.55. The number of pyridine rings is 2. The number of fused-ring (bicyclic) bond motifs is 2. The smallest absolute Gasteiger partial charge is 0.221 e. The first kappa shape index (κ1) is 29.5. The molecule has 6 heteroatoms. The van der Waals surface area contributed by atoms with E-state index in [9.17, 15) is 9.90 Å². The topological polar surface area (TPSA) is 81.5 Å². The molecule has 2 aromatic heterocycles. The predicted molar refractivity (Wildman–Crippen MR) is 168 cm³/mol. The van der Waals surface area contributed by atoms with E-state index in [4.69, 9.17) is 9.47 Å². The summed E-state index contributed by atoms with van der Waals surface area (Å²) in [5, 5.41) is 12.5. The first-order valence-electron chi connectivity index (χ1n) is 14.3. The maximum absolute atomic E-state index is 12.7. The molecule has 0 aliphatic heterocycles. The summed E-state index contributed by atoms with van der Waals surface area (Å²) in [4.78, 5) is 22.1. The monoisotopic (exact) mass is 550 g/mol. The van der Waals surface area contributed by atoms with Crippen LogP contribution >= 0.6 is 0 Å². The number of hydrogen-bond acceptors (Lipinski definition) is 6. The summed E-state index contributed by atoms with van der Waals surface area (Å²) in [7, 11) is 0. The number of rotatable bonds is 13. The number of hydrogen-bond donors (Lipinski definition) is 1. The van der Waals surface area contributed by atoms with E-state index < -0.39 is 0 Å². The van der Waals surface area contributed by atoms with E-state index in [0.717, 1.165) is 64.2 Å². The number of ketones is 1. The van der Waals surface area contributed by atoms with Crippen LogP contribution in [0.1, 0.15) is 61.8 Å². The number of carbonyl (C=O) groups excluding carboxylic acids is 1. The van der Waals surface area contributed by atoms with Crippen LogP contribution < -0.4 is 9.47 Å². The van der Waals surface area contributed by atoms with Gasteiger partial charge in [-0.25, -0.2) is 9.97 Å². The molecule has 4 rings (SSSR count). The van der Waals surface area contributed by atoms with Gasteiger partial charge >= 0.3 is 0 Å². The number of aliphatic hydroxyl groups is 1. The molecule has 6 nitrogen and oxygen atoms in total. The number of carbonyl (C=O) groups is 1. The quantitative estimate of drug-likeness (QED) is 0.0778. The normalized spacial score (nSPS) is 12.1. The average Bonchev–Trinajstić information content (AvgIpc) is 2.95. The third kappa shape index (κ3) is 8.27. The Morgan fingerprint density at radius 2 is 1.24 bits per heavy atom. The van der Waals surface area contributed by atoms with Gasteiger partial charge in [-0.2, -0.15) is 0 Å².